The number of amides is 3. The molecule has 0 saturated heterocycles. The van der Waals surface area contributed by atoms with Crippen molar-refractivity contribution in [1.29, 1.82) is 0 Å². The lowest BCUT2D eigenvalue weighted by Crippen LogP contribution is -2.35. The maximum Gasteiger partial charge on any atom is 0.261 e. The van der Waals surface area contributed by atoms with E-state index in [1.54, 1.807) is 35.6 Å². The summed E-state index contributed by atoms with van der Waals surface area (Å²) in [6.07, 6.45) is 0.0557. The van der Waals surface area contributed by atoms with Gasteiger partial charge < -0.3 is 5.32 Å². The zero-order valence-electron chi connectivity index (χ0n) is 15.0. The van der Waals surface area contributed by atoms with Crippen LogP contribution in [0.25, 0.3) is 0 Å². The molecule has 1 aliphatic heterocycles. The fourth-order valence-electron chi connectivity index (χ4n) is 3.31. The Morgan fingerprint density at radius 2 is 1.54 bits per heavy atom. The smallest absolute Gasteiger partial charge is 0.261 e. The molecule has 1 aromatic heterocycles. The molecule has 28 heavy (non-hydrogen) atoms. The minimum atomic E-state index is -0.341. The van der Waals surface area contributed by atoms with Crippen molar-refractivity contribution in [2.75, 3.05) is 6.54 Å². The van der Waals surface area contributed by atoms with Gasteiger partial charge in [-0.1, -0.05) is 48.5 Å². The number of benzene rings is 2. The highest BCUT2D eigenvalue weighted by atomic mass is 32.1. The summed E-state index contributed by atoms with van der Waals surface area (Å²) >= 11 is 1.57. The van der Waals surface area contributed by atoms with Crippen LogP contribution in [0.1, 0.15) is 43.6 Å². The van der Waals surface area contributed by atoms with Gasteiger partial charge >= 0.3 is 0 Å². The Hall–Kier alpha value is -3.25. The first-order chi connectivity index (χ1) is 13.6. The maximum absolute atomic E-state index is 12.6. The Balaban J connectivity index is 1.44. The van der Waals surface area contributed by atoms with Gasteiger partial charge in [0.25, 0.3) is 11.8 Å². The van der Waals surface area contributed by atoms with Gasteiger partial charge in [-0.2, -0.15) is 0 Å². The second-order valence-electron chi connectivity index (χ2n) is 6.48. The van der Waals surface area contributed by atoms with Gasteiger partial charge in [-0.15, -0.1) is 11.3 Å². The third-order valence-corrected chi connectivity index (χ3v) is 5.64. The zero-order valence-corrected chi connectivity index (χ0v) is 15.8. The number of hydrogen-bond acceptors (Lipinski definition) is 4. The van der Waals surface area contributed by atoms with Crippen LogP contribution in [0.3, 0.4) is 0 Å². The van der Waals surface area contributed by atoms with E-state index in [0.717, 1.165) is 15.3 Å². The van der Waals surface area contributed by atoms with Crippen LogP contribution in [0, 0.1) is 0 Å². The summed E-state index contributed by atoms with van der Waals surface area (Å²) in [5, 5.41) is 5.00. The molecule has 140 valence electrons. The van der Waals surface area contributed by atoms with E-state index in [-0.39, 0.29) is 36.7 Å². The molecule has 0 fully saturated rings. The first-order valence-electron chi connectivity index (χ1n) is 8.98. The fraction of sp³-hybridized carbons (Fsp3) is 0.136. The number of fused-ring (bicyclic) bond motifs is 1. The Morgan fingerprint density at radius 1 is 0.893 bits per heavy atom. The van der Waals surface area contributed by atoms with Crippen molar-refractivity contribution < 1.29 is 14.4 Å². The maximum atomic E-state index is 12.6. The average molecular weight is 390 g/mol. The number of nitrogens with zero attached hydrogens (tertiary/aromatic N) is 1. The van der Waals surface area contributed by atoms with Crippen molar-refractivity contribution >= 4 is 29.1 Å². The van der Waals surface area contributed by atoms with Crippen molar-refractivity contribution in [1.82, 2.24) is 10.2 Å². The predicted octanol–water partition coefficient (Wildman–Crippen LogP) is 3.64. The third-order valence-electron chi connectivity index (χ3n) is 4.71. The molecule has 5 nitrogen and oxygen atoms in total. The van der Waals surface area contributed by atoms with E-state index in [0.29, 0.717) is 11.1 Å². The molecule has 0 saturated carbocycles. The Labute approximate surface area is 166 Å². The summed E-state index contributed by atoms with van der Waals surface area (Å²) in [6.45, 7) is 0.0597. The van der Waals surface area contributed by atoms with Gasteiger partial charge in [-0.05, 0) is 29.1 Å². The number of carbonyl (C=O) groups is 3. The predicted molar refractivity (Wildman–Crippen MR) is 107 cm³/mol. The molecule has 0 spiro atoms. The monoisotopic (exact) mass is 390 g/mol. The summed E-state index contributed by atoms with van der Waals surface area (Å²) < 4.78 is 0. The molecule has 0 unspecified atom stereocenters. The van der Waals surface area contributed by atoms with Crippen molar-refractivity contribution in [3.05, 3.63) is 93.7 Å². The molecule has 2 aromatic carbocycles. The Morgan fingerprint density at radius 3 is 2.14 bits per heavy atom. The molecule has 3 aromatic rings. The lowest BCUT2D eigenvalue weighted by molar-refractivity contribution is -0.121. The van der Waals surface area contributed by atoms with Crippen LogP contribution < -0.4 is 5.32 Å². The SMILES string of the molecule is O=C(CCN1C(=O)c2ccccc2C1=O)N[C@H](c1ccccc1)c1cccs1. The molecule has 0 bridgehead atoms. The fourth-order valence-corrected chi connectivity index (χ4v) is 4.11. The molecule has 1 aliphatic rings. The topological polar surface area (TPSA) is 66.5 Å². The second kappa shape index (κ2) is 7.78. The van der Waals surface area contributed by atoms with Crippen molar-refractivity contribution in [3.63, 3.8) is 0 Å². The van der Waals surface area contributed by atoms with E-state index in [1.165, 1.54) is 0 Å². The molecule has 2 heterocycles. The highest BCUT2D eigenvalue weighted by molar-refractivity contribution is 7.10. The van der Waals surface area contributed by atoms with Crippen molar-refractivity contribution in [2.45, 2.75) is 12.5 Å². The molecule has 1 N–H and O–H groups in total. The number of carbonyl (C=O) groups excluding carboxylic acids is 3. The molecular weight excluding hydrogens is 372 g/mol. The molecule has 6 heteroatoms. The van der Waals surface area contributed by atoms with Crippen molar-refractivity contribution in [3.8, 4) is 0 Å². The number of thiophene rings is 1. The molecule has 0 aliphatic carbocycles. The summed E-state index contributed by atoms with van der Waals surface area (Å²) in [5.74, 6) is -0.892. The average Bonchev–Trinajstić information content (AvgIpc) is 3.34. The molecule has 1 atom stereocenters. The highest BCUT2D eigenvalue weighted by Gasteiger charge is 2.35. The van der Waals surface area contributed by atoms with Gasteiger partial charge in [0.15, 0.2) is 0 Å². The number of rotatable bonds is 6. The molecule has 0 radical (unpaired) electrons. The molecule has 3 amide bonds. The second-order valence-corrected chi connectivity index (χ2v) is 7.46. The van der Waals surface area contributed by atoms with Crippen LogP contribution in [0.2, 0.25) is 0 Å². The standard InChI is InChI=1S/C22H18N2O3S/c25-19(12-13-24-21(26)16-9-4-5-10-17(16)22(24)27)23-20(18-11-6-14-28-18)15-7-2-1-3-8-15/h1-11,14,20H,12-13H2,(H,23,25)/t20-/m1/s1. The Kier molecular flexibility index (Phi) is 5.04. The largest absolute Gasteiger partial charge is 0.344 e. The lowest BCUT2D eigenvalue weighted by atomic mass is 10.1. The first-order valence-corrected chi connectivity index (χ1v) is 9.86. The van der Waals surface area contributed by atoms with E-state index in [4.69, 9.17) is 0 Å². The lowest BCUT2D eigenvalue weighted by Gasteiger charge is -2.19. The number of imide groups is 1. The quantitative estimate of drug-likeness (QED) is 0.654. The minimum Gasteiger partial charge on any atom is -0.344 e. The van der Waals surface area contributed by atoms with Gasteiger partial charge in [-0.3, -0.25) is 19.3 Å². The highest BCUT2D eigenvalue weighted by Crippen LogP contribution is 2.26. The first kappa shape index (κ1) is 18.1. The van der Waals surface area contributed by atoms with E-state index in [1.807, 2.05) is 47.8 Å². The summed E-state index contributed by atoms with van der Waals surface area (Å²) in [7, 11) is 0. The van der Waals surface area contributed by atoms with Gasteiger partial charge in [0.1, 0.15) is 0 Å². The summed E-state index contributed by atoms with van der Waals surface area (Å²) in [6, 6.07) is 20.1. The Bertz CT molecular complexity index is 980. The van der Waals surface area contributed by atoms with E-state index in [9.17, 15) is 14.4 Å². The van der Waals surface area contributed by atoms with Gasteiger partial charge in [0.05, 0.1) is 17.2 Å². The number of nitrogens with one attached hydrogen (secondary N) is 1. The normalized spacial score (nSPS) is 14.1. The van der Waals surface area contributed by atoms with E-state index >= 15 is 0 Å². The van der Waals surface area contributed by atoms with E-state index < -0.39 is 0 Å². The van der Waals surface area contributed by atoms with Gasteiger partial charge in [-0.25, -0.2) is 0 Å². The minimum absolute atomic E-state index is 0.0557. The number of hydrogen-bond donors (Lipinski definition) is 1. The van der Waals surface area contributed by atoms with Crippen LogP contribution >= 0.6 is 11.3 Å². The van der Waals surface area contributed by atoms with Crippen LogP contribution in [-0.2, 0) is 4.79 Å². The van der Waals surface area contributed by atoms with Crippen LogP contribution in [0.5, 0.6) is 0 Å². The van der Waals surface area contributed by atoms with Gasteiger partial charge in [0, 0.05) is 17.8 Å². The zero-order chi connectivity index (χ0) is 19.5. The molecular formula is C22H18N2O3S. The van der Waals surface area contributed by atoms with Crippen molar-refractivity contribution in [2.24, 2.45) is 0 Å². The van der Waals surface area contributed by atoms with Gasteiger partial charge in [0.2, 0.25) is 5.91 Å². The summed E-state index contributed by atoms with van der Waals surface area (Å²) in [4.78, 5) is 39.6. The van der Waals surface area contributed by atoms with E-state index in [2.05, 4.69) is 5.32 Å². The summed E-state index contributed by atoms with van der Waals surface area (Å²) in [5.41, 5.74) is 1.78. The van der Waals surface area contributed by atoms with Crippen LogP contribution in [0.4, 0.5) is 0 Å². The van der Waals surface area contributed by atoms with Crippen LogP contribution in [-0.4, -0.2) is 29.2 Å². The molecule has 4 rings (SSSR count). The van der Waals surface area contributed by atoms with Crippen LogP contribution in [0.15, 0.2) is 72.1 Å². The third kappa shape index (κ3) is 3.46.